The van der Waals surface area contributed by atoms with Crippen LogP contribution in [-0.2, 0) is 19.2 Å². The molecule has 2 atom stereocenters. The maximum absolute atomic E-state index is 10.6. The molecular formula is C8H12BaO8. The monoisotopic (exact) mass is 374 g/mol. The maximum atomic E-state index is 10.6. The minimum atomic E-state index is -1.76. The molecular weight excluding hydrogens is 361 g/mol. The summed E-state index contributed by atoms with van der Waals surface area (Å²) in [5.74, 6) is -9.79. The molecule has 0 aliphatic rings. The van der Waals surface area contributed by atoms with Gasteiger partial charge in [0.15, 0.2) is 0 Å². The number of carboxylic acids is 4. The van der Waals surface area contributed by atoms with Gasteiger partial charge in [0.1, 0.15) is 0 Å². The van der Waals surface area contributed by atoms with Crippen molar-refractivity contribution < 1.29 is 42.5 Å². The van der Waals surface area contributed by atoms with Crippen LogP contribution in [-0.4, -0.2) is 93.2 Å². The second-order valence-electron chi connectivity index (χ2n) is 3.09. The molecule has 0 heterocycles. The van der Waals surface area contributed by atoms with E-state index in [9.17, 15) is 19.2 Å². The fraction of sp³-hybridized carbons (Fsp3) is 0.500. The Morgan fingerprint density at radius 1 is 0.765 bits per heavy atom. The summed E-state index contributed by atoms with van der Waals surface area (Å²) in [6.07, 6.45) is -1.86. The molecule has 0 spiro atoms. The Morgan fingerprint density at radius 2 is 1.00 bits per heavy atom. The summed E-state index contributed by atoms with van der Waals surface area (Å²) in [6, 6.07) is 0. The molecule has 0 radical (unpaired) electrons. The smallest absolute Gasteiger partial charge is 1.00 e. The topological polar surface area (TPSA) is 149 Å². The molecule has 0 aliphatic heterocycles. The van der Waals surface area contributed by atoms with E-state index >= 15 is 0 Å². The van der Waals surface area contributed by atoms with Crippen molar-refractivity contribution in [2.24, 2.45) is 11.8 Å². The van der Waals surface area contributed by atoms with Crippen LogP contribution in [0.4, 0.5) is 0 Å². The van der Waals surface area contributed by atoms with Crippen molar-refractivity contribution in [2.45, 2.75) is 12.8 Å². The number of carbonyl (C=O) groups is 4. The van der Waals surface area contributed by atoms with Gasteiger partial charge in [-0.25, -0.2) is 0 Å². The van der Waals surface area contributed by atoms with Crippen LogP contribution in [0.15, 0.2) is 0 Å². The van der Waals surface area contributed by atoms with E-state index in [2.05, 4.69) is 0 Å². The van der Waals surface area contributed by atoms with E-state index in [1.807, 2.05) is 0 Å². The van der Waals surface area contributed by atoms with Crippen LogP contribution < -0.4 is 0 Å². The average Bonchev–Trinajstić information content (AvgIpc) is 2.09. The van der Waals surface area contributed by atoms with E-state index in [1.54, 1.807) is 0 Å². The Balaban J connectivity index is -0.000000375. The third-order valence-corrected chi connectivity index (χ3v) is 1.91. The first-order chi connectivity index (χ1) is 7.25. The average molecular weight is 374 g/mol. The number of carboxylic acid groups (broad SMARTS) is 4. The number of aliphatic carboxylic acids is 4. The molecule has 4 N–H and O–H groups in total. The summed E-state index contributed by atoms with van der Waals surface area (Å²) in [5.41, 5.74) is 0. The van der Waals surface area contributed by atoms with Crippen molar-refractivity contribution in [3.63, 3.8) is 0 Å². The van der Waals surface area contributed by atoms with Gasteiger partial charge in [0.05, 0.1) is 24.7 Å². The number of hydrogen-bond donors (Lipinski definition) is 4. The fourth-order valence-corrected chi connectivity index (χ4v) is 1.18. The summed E-state index contributed by atoms with van der Waals surface area (Å²) >= 11 is 0. The van der Waals surface area contributed by atoms with Gasteiger partial charge in [0.2, 0.25) is 0 Å². The van der Waals surface area contributed by atoms with Gasteiger partial charge in [-0.05, 0) is 0 Å². The largest absolute Gasteiger partial charge is 2.00 e. The zero-order valence-corrected chi connectivity index (χ0v) is 13.1. The zero-order chi connectivity index (χ0) is 12.9. The van der Waals surface area contributed by atoms with Gasteiger partial charge in [-0.3, -0.25) is 19.2 Å². The summed E-state index contributed by atoms with van der Waals surface area (Å²) < 4.78 is 0. The van der Waals surface area contributed by atoms with Gasteiger partial charge in [0, 0.05) is 0 Å². The van der Waals surface area contributed by atoms with E-state index in [0.29, 0.717) is 0 Å². The normalized spacial score (nSPS) is 12.9. The van der Waals surface area contributed by atoms with Gasteiger partial charge in [0.25, 0.3) is 0 Å². The second-order valence-corrected chi connectivity index (χ2v) is 3.09. The van der Waals surface area contributed by atoms with Crippen molar-refractivity contribution in [1.82, 2.24) is 0 Å². The number of hydrogen-bond acceptors (Lipinski definition) is 4. The molecule has 0 bridgehead atoms. The predicted molar refractivity (Wildman–Crippen MR) is 54.7 cm³/mol. The van der Waals surface area contributed by atoms with Crippen LogP contribution >= 0.6 is 0 Å². The van der Waals surface area contributed by atoms with E-state index in [0.717, 1.165) is 0 Å². The summed E-state index contributed by atoms with van der Waals surface area (Å²) in [4.78, 5) is 41.9. The summed E-state index contributed by atoms with van der Waals surface area (Å²) in [6.45, 7) is 0. The van der Waals surface area contributed by atoms with Crippen LogP contribution in [0.3, 0.4) is 0 Å². The van der Waals surface area contributed by atoms with Crippen molar-refractivity contribution in [2.75, 3.05) is 0 Å². The van der Waals surface area contributed by atoms with E-state index in [4.69, 9.17) is 20.4 Å². The SMILES string of the molecule is O=C(O)CC(C(=O)O)C(CC(=O)O)C(=O)O.[Ba+2].[H-].[H-]. The van der Waals surface area contributed by atoms with E-state index < -0.39 is 48.6 Å². The Morgan fingerprint density at radius 3 is 1.12 bits per heavy atom. The van der Waals surface area contributed by atoms with Crippen molar-refractivity contribution in [1.29, 1.82) is 0 Å². The number of rotatable bonds is 7. The third-order valence-electron chi connectivity index (χ3n) is 1.91. The van der Waals surface area contributed by atoms with Crippen molar-refractivity contribution in [3.05, 3.63) is 0 Å². The summed E-state index contributed by atoms with van der Waals surface area (Å²) in [5, 5.41) is 34.1. The molecule has 0 aliphatic carbocycles. The molecule has 0 rings (SSSR count). The van der Waals surface area contributed by atoms with Crippen LogP contribution in [0, 0.1) is 11.8 Å². The van der Waals surface area contributed by atoms with E-state index in [1.165, 1.54) is 0 Å². The molecule has 0 amide bonds. The third kappa shape index (κ3) is 7.39. The minimum Gasteiger partial charge on any atom is -1.00 e. The van der Waals surface area contributed by atoms with Crippen LogP contribution in [0.25, 0.3) is 0 Å². The van der Waals surface area contributed by atoms with Gasteiger partial charge in [-0.15, -0.1) is 0 Å². The maximum Gasteiger partial charge on any atom is 2.00 e. The Kier molecular flexibility index (Phi) is 9.44. The Hall–Kier alpha value is -0.549. The molecule has 0 aromatic rings. The first-order valence-corrected chi connectivity index (χ1v) is 4.15. The van der Waals surface area contributed by atoms with Gasteiger partial charge >= 0.3 is 72.8 Å². The minimum absolute atomic E-state index is 0. The fourth-order valence-electron chi connectivity index (χ4n) is 1.18. The zero-order valence-electron chi connectivity index (χ0n) is 10.7. The molecule has 8 nitrogen and oxygen atoms in total. The standard InChI is InChI=1S/C8H10O8.Ba.2H/c9-5(10)1-3(7(13)14)4(8(15)16)2-6(11)12;;;/h3-4H,1-2H2,(H,9,10)(H,11,12)(H,13,14)(H,15,16);;;/q;+2;2*-1. The molecule has 2 unspecified atom stereocenters. The molecule has 0 saturated heterocycles. The Labute approximate surface area is 139 Å². The van der Waals surface area contributed by atoms with Gasteiger partial charge in [-0.1, -0.05) is 0 Å². The van der Waals surface area contributed by atoms with Crippen LogP contribution in [0.5, 0.6) is 0 Å². The summed E-state index contributed by atoms with van der Waals surface area (Å²) in [7, 11) is 0. The molecule has 0 aromatic heterocycles. The molecule has 0 saturated carbocycles. The quantitative estimate of drug-likeness (QED) is 0.423. The van der Waals surface area contributed by atoms with Gasteiger partial charge in [-0.2, -0.15) is 0 Å². The first kappa shape index (κ1) is 18.8. The molecule has 94 valence electrons. The van der Waals surface area contributed by atoms with Gasteiger partial charge < -0.3 is 23.3 Å². The van der Waals surface area contributed by atoms with E-state index in [-0.39, 0.29) is 51.7 Å². The predicted octanol–water partition coefficient (Wildman–Crippen LogP) is -0.818. The molecule has 9 heteroatoms. The first-order valence-electron chi connectivity index (χ1n) is 4.15. The molecule has 17 heavy (non-hydrogen) atoms. The molecule has 0 aromatic carbocycles. The van der Waals surface area contributed by atoms with Crippen LogP contribution in [0.1, 0.15) is 15.7 Å². The van der Waals surface area contributed by atoms with Crippen molar-refractivity contribution >= 4 is 72.8 Å². The van der Waals surface area contributed by atoms with Crippen LogP contribution in [0.2, 0.25) is 0 Å². The second kappa shape index (κ2) is 8.53. The Bertz CT molecular complexity index is 303. The molecule has 0 fully saturated rings. The van der Waals surface area contributed by atoms with Crippen molar-refractivity contribution in [3.8, 4) is 0 Å².